The number of benzene rings is 1. The highest BCUT2D eigenvalue weighted by molar-refractivity contribution is 5.92. The molecule has 1 aliphatic rings. The van der Waals surface area contributed by atoms with Gasteiger partial charge < -0.3 is 15.8 Å². The Morgan fingerprint density at radius 1 is 1.42 bits per heavy atom. The van der Waals surface area contributed by atoms with E-state index in [1.165, 1.54) is 0 Å². The fourth-order valence-electron chi connectivity index (χ4n) is 2.33. The van der Waals surface area contributed by atoms with Crippen LogP contribution < -0.4 is 11.1 Å². The first-order valence-corrected chi connectivity index (χ1v) is 6.60. The number of para-hydroxylation sites is 1. The van der Waals surface area contributed by atoms with Gasteiger partial charge in [0.25, 0.3) is 0 Å². The van der Waals surface area contributed by atoms with E-state index >= 15 is 0 Å². The minimum atomic E-state index is -0.00364. The van der Waals surface area contributed by atoms with Crippen LogP contribution in [0.25, 0.3) is 0 Å². The summed E-state index contributed by atoms with van der Waals surface area (Å²) in [5.41, 5.74) is 6.45. The van der Waals surface area contributed by atoms with E-state index in [1.807, 2.05) is 37.3 Å². The Labute approximate surface area is 113 Å². The monoisotopic (exact) mass is 263 g/mol. The number of amides is 1. The Bertz CT molecular complexity index is 410. The molecule has 1 fully saturated rings. The summed E-state index contributed by atoms with van der Waals surface area (Å²) in [6.07, 6.45) is 0.139. The molecule has 0 spiro atoms. The summed E-state index contributed by atoms with van der Waals surface area (Å²) in [6, 6.07) is 9.48. The molecular formula is C14H21N3O2. The largest absolute Gasteiger partial charge is 0.371 e. The summed E-state index contributed by atoms with van der Waals surface area (Å²) in [4.78, 5) is 14.0. The van der Waals surface area contributed by atoms with Gasteiger partial charge in [0.05, 0.1) is 18.8 Å². The Hall–Kier alpha value is -1.43. The molecule has 2 unspecified atom stereocenters. The fourth-order valence-corrected chi connectivity index (χ4v) is 2.33. The van der Waals surface area contributed by atoms with E-state index in [4.69, 9.17) is 10.5 Å². The van der Waals surface area contributed by atoms with Gasteiger partial charge in [0.1, 0.15) is 0 Å². The number of anilines is 1. The van der Waals surface area contributed by atoms with E-state index in [0.29, 0.717) is 19.6 Å². The number of nitrogens with one attached hydrogen (secondary N) is 1. The maximum Gasteiger partial charge on any atom is 0.238 e. The highest BCUT2D eigenvalue weighted by atomic mass is 16.5. The average molecular weight is 263 g/mol. The molecular weight excluding hydrogens is 242 g/mol. The SMILES string of the molecule is CC1CN(CC(=O)Nc2ccccc2)CC(CN)O1. The van der Waals surface area contributed by atoms with E-state index in [1.54, 1.807) is 0 Å². The topological polar surface area (TPSA) is 67.6 Å². The van der Waals surface area contributed by atoms with Crippen LogP contribution >= 0.6 is 0 Å². The zero-order chi connectivity index (χ0) is 13.7. The van der Waals surface area contributed by atoms with Crippen molar-refractivity contribution in [2.45, 2.75) is 19.1 Å². The number of carbonyl (C=O) groups is 1. The highest BCUT2D eigenvalue weighted by Gasteiger charge is 2.25. The summed E-state index contributed by atoms with van der Waals surface area (Å²) in [6.45, 7) is 4.34. The van der Waals surface area contributed by atoms with E-state index in [0.717, 1.165) is 12.2 Å². The predicted molar refractivity (Wildman–Crippen MR) is 74.9 cm³/mol. The molecule has 1 saturated heterocycles. The van der Waals surface area contributed by atoms with Gasteiger partial charge in [0.2, 0.25) is 5.91 Å². The number of carbonyl (C=O) groups excluding carboxylic acids is 1. The van der Waals surface area contributed by atoms with E-state index < -0.39 is 0 Å². The van der Waals surface area contributed by atoms with Crippen molar-refractivity contribution in [2.75, 3.05) is 31.5 Å². The molecule has 19 heavy (non-hydrogen) atoms. The van der Waals surface area contributed by atoms with Crippen LogP contribution in [-0.2, 0) is 9.53 Å². The van der Waals surface area contributed by atoms with Crippen molar-refractivity contribution in [1.82, 2.24) is 4.90 Å². The zero-order valence-electron chi connectivity index (χ0n) is 11.2. The normalized spacial score (nSPS) is 24.1. The molecule has 0 aromatic heterocycles. The number of ether oxygens (including phenoxy) is 1. The van der Waals surface area contributed by atoms with Gasteiger partial charge in [-0.2, -0.15) is 0 Å². The van der Waals surface area contributed by atoms with Gasteiger partial charge >= 0.3 is 0 Å². The van der Waals surface area contributed by atoms with Crippen LogP contribution in [0.4, 0.5) is 5.69 Å². The second kappa shape index (κ2) is 6.65. The fraction of sp³-hybridized carbons (Fsp3) is 0.500. The second-order valence-corrected chi connectivity index (χ2v) is 4.91. The van der Waals surface area contributed by atoms with E-state index in [-0.39, 0.29) is 18.1 Å². The minimum absolute atomic E-state index is 0.00364. The Morgan fingerprint density at radius 2 is 2.16 bits per heavy atom. The standard InChI is InChI=1S/C14H21N3O2/c1-11-8-17(9-13(7-15)19-11)10-14(18)16-12-5-3-2-4-6-12/h2-6,11,13H,7-10,15H2,1H3,(H,16,18). The minimum Gasteiger partial charge on any atom is -0.371 e. The molecule has 104 valence electrons. The lowest BCUT2D eigenvalue weighted by Crippen LogP contribution is -2.51. The molecule has 0 saturated carbocycles. The van der Waals surface area contributed by atoms with Crippen LogP contribution in [0, 0.1) is 0 Å². The van der Waals surface area contributed by atoms with Gasteiger partial charge in [-0.15, -0.1) is 0 Å². The molecule has 2 atom stereocenters. The van der Waals surface area contributed by atoms with Crippen molar-refractivity contribution in [3.8, 4) is 0 Å². The quantitative estimate of drug-likeness (QED) is 0.838. The summed E-state index contributed by atoms with van der Waals surface area (Å²) in [5, 5.41) is 2.88. The molecule has 1 amide bonds. The third-order valence-corrected chi connectivity index (χ3v) is 3.09. The van der Waals surface area contributed by atoms with Crippen molar-refractivity contribution in [1.29, 1.82) is 0 Å². The first-order valence-electron chi connectivity index (χ1n) is 6.60. The molecule has 2 rings (SSSR count). The van der Waals surface area contributed by atoms with Crippen molar-refractivity contribution in [3.05, 3.63) is 30.3 Å². The smallest absolute Gasteiger partial charge is 0.238 e. The van der Waals surface area contributed by atoms with Crippen molar-refractivity contribution in [3.63, 3.8) is 0 Å². The molecule has 0 bridgehead atoms. The van der Waals surface area contributed by atoms with Crippen LogP contribution in [0.5, 0.6) is 0 Å². The Balaban J connectivity index is 1.85. The molecule has 0 radical (unpaired) electrons. The second-order valence-electron chi connectivity index (χ2n) is 4.91. The van der Waals surface area contributed by atoms with Gasteiger partial charge in [-0.05, 0) is 19.1 Å². The van der Waals surface area contributed by atoms with Crippen LogP contribution in [0.3, 0.4) is 0 Å². The maximum atomic E-state index is 12.0. The van der Waals surface area contributed by atoms with Gasteiger partial charge in [0.15, 0.2) is 0 Å². The molecule has 5 nitrogen and oxygen atoms in total. The Morgan fingerprint density at radius 3 is 2.84 bits per heavy atom. The van der Waals surface area contributed by atoms with Gasteiger partial charge in [-0.3, -0.25) is 9.69 Å². The summed E-state index contributed by atoms with van der Waals surface area (Å²) < 4.78 is 5.67. The lowest BCUT2D eigenvalue weighted by Gasteiger charge is -2.35. The highest BCUT2D eigenvalue weighted by Crippen LogP contribution is 2.11. The summed E-state index contributed by atoms with van der Waals surface area (Å²) in [5.74, 6) is -0.00364. The number of nitrogens with two attached hydrogens (primary N) is 1. The molecule has 5 heteroatoms. The lowest BCUT2D eigenvalue weighted by atomic mass is 10.2. The van der Waals surface area contributed by atoms with Gasteiger partial charge in [0, 0.05) is 25.3 Å². The number of morpholine rings is 1. The number of hydrogen-bond acceptors (Lipinski definition) is 4. The van der Waals surface area contributed by atoms with Crippen LogP contribution in [0.1, 0.15) is 6.92 Å². The van der Waals surface area contributed by atoms with Gasteiger partial charge in [-0.1, -0.05) is 18.2 Å². The van der Waals surface area contributed by atoms with E-state index in [2.05, 4.69) is 10.2 Å². The third-order valence-electron chi connectivity index (χ3n) is 3.09. The number of nitrogens with zero attached hydrogens (tertiary/aromatic N) is 1. The van der Waals surface area contributed by atoms with Crippen molar-refractivity contribution >= 4 is 11.6 Å². The van der Waals surface area contributed by atoms with Gasteiger partial charge in [-0.25, -0.2) is 0 Å². The van der Waals surface area contributed by atoms with Crippen LogP contribution in [0.2, 0.25) is 0 Å². The number of rotatable bonds is 4. The van der Waals surface area contributed by atoms with Crippen molar-refractivity contribution in [2.24, 2.45) is 5.73 Å². The van der Waals surface area contributed by atoms with Crippen LogP contribution in [-0.4, -0.2) is 49.2 Å². The number of hydrogen-bond donors (Lipinski definition) is 2. The zero-order valence-corrected chi connectivity index (χ0v) is 11.2. The summed E-state index contributed by atoms with van der Waals surface area (Å²) >= 11 is 0. The molecule has 3 N–H and O–H groups in total. The average Bonchev–Trinajstić information content (AvgIpc) is 2.38. The van der Waals surface area contributed by atoms with Crippen molar-refractivity contribution < 1.29 is 9.53 Å². The predicted octanol–water partition coefficient (Wildman–Crippen LogP) is 0.673. The Kier molecular flexibility index (Phi) is 4.90. The molecule has 1 heterocycles. The molecule has 1 aromatic rings. The molecule has 0 aliphatic carbocycles. The lowest BCUT2D eigenvalue weighted by molar-refractivity contribution is -0.121. The van der Waals surface area contributed by atoms with E-state index in [9.17, 15) is 4.79 Å². The third kappa shape index (κ3) is 4.31. The molecule has 1 aromatic carbocycles. The molecule has 1 aliphatic heterocycles. The first kappa shape index (κ1) is 14.0. The maximum absolute atomic E-state index is 12.0. The summed E-state index contributed by atoms with van der Waals surface area (Å²) in [7, 11) is 0. The first-order chi connectivity index (χ1) is 9.17. The van der Waals surface area contributed by atoms with Crippen LogP contribution in [0.15, 0.2) is 30.3 Å².